The Morgan fingerprint density at radius 1 is 1.45 bits per heavy atom. The van der Waals surface area contributed by atoms with Crippen LogP contribution in [0.4, 0.5) is 0 Å². The quantitative estimate of drug-likeness (QED) is 0.878. The molecule has 0 aliphatic heterocycles. The summed E-state index contributed by atoms with van der Waals surface area (Å²) in [4.78, 5) is 2.20. The SMILES string of the molecule is COc1cc(CN(C)CCn2cc(Br)cn2)ccc1O. The first kappa shape index (κ1) is 14.9. The summed E-state index contributed by atoms with van der Waals surface area (Å²) in [6.07, 6.45) is 3.74. The van der Waals surface area contributed by atoms with Crippen LogP contribution in [0.1, 0.15) is 5.56 Å². The summed E-state index contributed by atoms with van der Waals surface area (Å²) in [7, 11) is 3.61. The number of hydrogen-bond acceptors (Lipinski definition) is 4. The Balaban J connectivity index is 1.89. The van der Waals surface area contributed by atoms with E-state index in [1.807, 2.05) is 23.0 Å². The normalized spacial score (nSPS) is 11.0. The lowest BCUT2D eigenvalue weighted by molar-refractivity contribution is 0.304. The largest absolute Gasteiger partial charge is 0.504 e. The fraction of sp³-hybridized carbons (Fsp3) is 0.357. The van der Waals surface area contributed by atoms with Gasteiger partial charge in [0.15, 0.2) is 11.5 Å². The molecule has 108 valence electrons. The minimum Gasteiger partial charge on any atom is -0.504 e. The first-order valence-corrected chi connectivity index (χ1v) is 7.10. The summed E-state index contributed by atoms with van der Waals surface area (Å²) < 4.78 is 8.00. The van der Waals surface area contributed by atoms with E-state index in [0.717, 1.165) is 29.7 Å². The van der Waals surface area contributed by atoms with Crippen LogP contribution in [0.5, 0.6) is 11.5 Å². The number of aromatic hydroxyl groups is 1. The maximum atomic E-state index is 9.57. The molecule has 1 N–H and O–H groups in total. The van der Waals surface area contributed by atoms with E-state index in [2.05, 4.69) is 33.0 Å². The van der Waals surface area contributed by atoms with Crippen molar-refractivity contribution < 1.29 is 9.84 Å². The van der Waals surface area contributed by atoms with Crippen LogP contribution >= 0.6 is 15.9 Å². The van der Waals surface area contributed by atoms with Crippen molar-refractivity contribution in [1.29, 1.82) is 0 Å². The lowest BCUT2D eigenvalue weighted by Crippen LogP contribution is -2.23. The minimum absolute atomic E-state index is 0.167. The van der Waals surface area contributed by atoms with E-state index >= 15 is 0 Å². The van der Waals surface area contributed by atoms with Crippen molar-refractivity contribution >= 4 is 15.9 Å². The van der Waals surface area contributed by atoms with E-state index < -0.39 is 0 Å². The number of aromatic nitrogens is 2. The smallest absolute Gasteiger partial charge is 0.160 e. The lowest BCUT2D eigenvalue weighted by Gasteiger charge is -2.17. The van der Waals surface area contributed by atoms with Gasteiger partial charge in [-0.3, -0.25) is 4.68 Å². The maximum Gasteiger partial charge on any atom is 0.160 e. The summed E-state index contributed by atoms with van der Waals surface area (Å²) in [6, 6.07) is 5.42. The Morgan fingerprint density at radius 3 is 2.90 bits per heavy atom. The molecule has 1 aromatic carbocycles. The van der Waals surface area contributed by atoms with Gasteiger partial charge in [-0.15, -0.1) is 0 Å². The van der Waals surface area contributed by atoms with Crippen molar-refractivity contribution in [3.8, 4) is 11.5 Å². The maximum absolute atomic E-state index is 9.57. The molecule has 0 unspecified atom stereocenters. The number of phenols is 1. The van der Waals surface area contributed by atoms with Crippen molar-refractivity contribution in [2.45, 2.75) is 13.1 Å². The van der Waals surface area contributed by atoms with E-state index in [4.69, 9.17) is 4.74 Å². The molecule has 0 aliphatic carbocycles. The van der Waals surface area contributed by atoms with E-state index in [1.165, 1.54) is 0 Å². The number of ether oxygens (including phenoxy) is 1. The molecule has 1 heterocycles. The Labute approximate surface area is 126 Å². The highest BCUT2D eigenvalue weighted by atomic mass is 79.9. The summed E-state index contributed by atoms with van der Waals surface area (Å²) in [5.74, 6) is 0.673. The zero-order valence-corrected chi connectivity index (χ0v) is 13.2. The second-order valence-corrected chi connectivity index (χ2v) is 5.58. The van der Waals surface area contributed by atoms with Crippen LogP contribution in [0.15, 0.2) is 35.1 Å². The van der Waals surface area contributed by atoms with Crippen LogP contribution in [0, 0.1) is 0 Å². The molecule has 0 bridgehead atoms. The topological polar surface area (TPSA) is 50.5 Å². The highest BCUT2D eigenvalue weighted by molar-refractivity contribution is 9.10. The average molecular weight is 340 g/mol. The number of likely N-dealkylation sites (N-methyl/N-ethyl adjacent to an activating group) is 1. The Hall–Kier alpha value is -1.53. The van der Waals surface area contributed by atoms with E-state index in [9.17, 15) is 5.11 Å². The van der Waals surface area contributed by atoms with E-state index in [0.29, 0.717) is 5.75 Å². The van der Waals surface area contributed by atoms with Crippen LogP contribution in [0.25, 0.3) is 0 Å². The van der Waals surface area contributed by atoms with Crippen LogP contribution in [-0.4, -0.2) is 40.5 Å². The molecule has 0 aliphatic rings. The molecule has 20 heavy (non-hydrogen) atoms. The van der Waals surface area contributed by atoms with Gasteiger partial charge in [-0.25, -0.2) is 0 Å². The zero-order valence-electron chi connectivity index (χ0n) is 11.6. The van der Waals surface area contributed by atoms with Gasteiger partial charge < -0.3 is 14.7 Å². The van der Waals surface area contributed by atoms with Gasteiger partial charge in [-0.05, 0) is 40.7 Å². The molecule has 0 radical (unpaired) electrons. The molecule has 0 amide bonds. The molecule has 0 saturated heterocycles. The van der Waals surface area contributed by atoms with Gasteiger partial charge >= 0.3 is 0 Å². The second kappa shape index (κ2) is 6.76. The van der Waals surface area contributed by atoms with E-state index in [1.54, 1.807) is 19.4 Å². The van der Waals surface area contributed by atoms with Gasteiger partial charge in [-0.2, -0.15) is 5.10 Å². The fourth-order valence-corrected chi connectivity index (χ4v) is 2.27. The predicted octanol–water partition coefficient (Wildman–Crippen LogP) is 2.49. The molecule has 0 saturated carbocycles. The number of nitrogens with zero attached hydrogens (tertiary/aromatic N) is 3. The van der Waals surface area contributed by atoms with Gasteiger partial charge in [0.2, 0.25) is 0 Å². The Kier molecular flexibility index (Phi) is 5.03. The molecule has 2 rings (SSSR count). The van der Waals surface area contributed by atoms with E-state index in [-0.39, 0.29) is 5.75 Å². The lowest BCUT2D eigenvalue weighted by atomic mass is 10.2. The number of phenolic OH excluding ortho intramolecular Hbond substituents is 1. The molecular weight excluding hydrogens is 322 g/mol. The summed E-state index contributed by atoms with van der Waals surface area (Å²) in [5, 5.41) is 13.8. The molecule has 5 nitrogen and oxygen atoms in total. The summed E-state index contributed by atoms with van der Waals surface area (Å²) >= 11 is 3.38. The highest BCUT2D eigenvalue weighted by Gasteiger charge is 2.06. The average Bonchev–Trinajstić information content (AvgIpc) is 2.84. The Bertz CT molecular complexity index is 571. The van der Waals surface area contributed by atoms with Crippen molar-refractivity contribution in [2.75, 3.05) is 20.7 Å². The molecular formula is C14H18BrN3O2. The first-order valence-electron chi connectivity index (χ1n) is 6.31. The van der Waals surface area contributed by atoms with Gasteiger partial charge in [0.1, 0.15) is 0 Å². The second-order valence-electron chi connectivity index (χ2n) is 4.67. The van der Waals surface area contributed by atoms with Crippen LogP contribution in [0.2, 0.25) is 0 Å². The van der Waals surface area contributed by atoms with Gasteiger partial charge in [0.05, 0.1) is 24.3 Å². The van der Waals surface area contributed by atoms with Crippen LogP contribution in [0.3, 0.4) is 0 Å². The molecule has 6 heteroatoms. The van der Waals surface area contributed by atoms with Gasteiger partial charge in [0.25, 0.3) is 0 Å². The van der Waals surface area contributed by atoms with Gasteiger partial charge in [0, 0.05) is 19.3 Å². The van der Waals surface area contributed by atoms with Crippen molar-refractivity contribution in [3.05, 3.63) is 40.6 Å². The van der Waals surface area contributed by atoms with Crippen LogP contribution < -0.4 is 4.74 Å². The molecule has 0 spiro atoms. The number of halogens is 1. The van der Waals surface area contributed by atoms with Crippen molar-refractivity contribution in [2.24, 2.45) is 0 Å². The zero-order chi connectivity index (χ0) is 14.5. The third kappa shape index (κ3) is 3.98. The molecule has 0 fully saturated rings. The molecule has 1 aromatic heterocycles. The highest BCUT2D eigenvalue weighted by Crippen LogP contribution is 2.26. The third-order valence-electron chi connectivity index (χ3n) is 3.01. The molecule has 2 aromatic rings. The monoisotopic (exact) mass is 339 g/mol. The number of methoxy groups -OCH3 is 1. The van der Waals surface area contributed by atoms with Crippen molar-refractivity contribution in [3.63, 3.8) is 0 Å². The number of benzene rings is 1. The van der Waals surface area contributed by atoms with Crippen molar-refractivity contribution in [1.82, 2.24) is 14.7 Å². The minimum atomic E-state index is 0.167. The number of hydrogen-bond donors (Lipinski definition) is 1. The summed E-state index contributed by atoms with van der Waals surface area (Å²) in [6.45, 7) is 2.51. The third-order valence-corrected chi connectivity index (χ3v) is 3.42. The van der Waals surface area contributed by atoms with Gasteiger partial charge in [-0.1, -0.05) is 6.07 Å². The number of rotatable bonds is 6. The summed E-state index contributed by atoms with van der Waals surface area (Å²) in [5.41, 5.74) is 1.10. The predicted molar refractivity (Wildman–Crippen MR) is 80.9 cm³/mol. The first-order chi connectivity index (χ1) is 9.58. The van der Waals surface area contributed by atoms with Crippen LogP contribution in [-0.2, 0) is 13.1 Å². The molecule has 0 atom stereocenters. The fourth-order valence-electron chi connectivity index (χ4n) is 1.94. The Morgan fingerprint density at radius 2 is 2.25 bits per heavy atom. The standard InChI is InChI=1S/C14H18BrN3O2/c1-17(5-6-18-10-12(15)8-16-18)9-11-3-4-13(19)14(7-11)20-2/h3-4,7-8,10,19H,5-6,9H2,1-2H3.